The second-order valence-electron chi connectivity index (χ2n) is 8.16. The average Bonchev–Trinajstić information content (AvgIpc) is 3.50. The molecule has 7 nitrogen and oxygen atoms in total. The first-order valence-electron chi connectivity index (χ1n) is 10.9. The molecule has 1 aromatic heterocycles. The number of aromatic nitrogens is 2. The molecular formula is C23H30N4O3. The molecule has 2 aliphatic rings. The van der Waals surface area contributed by atoms with E-state index < -0.39 is 0 Å². The number of ether oxygens (including phenoxy) is 1. The van der Waals surface area contributed by atoms with Gasteiger partial charge in [0.05, 0.1) is 18.7 Å². The van der Waals surface area contributed by atoms with Gasteiger partial charge in [0.1, 0.15) is 5.75 Å². The maximum atomic E-state index is 12.9. The van der Waals surface area contributed by atoms with Crippen molar-refractivity contribution < 1.29 is 14.3 Å². The Morgan fingerprint density at radius 2 is 2.00 bits per heavy atom. The molecule has 2 aromatic rings. The molecule has 30 heavy (non-hydrogen) atoms. The van der Waals surface area contributed by atoms with Crippen molar-refractivity contribution in [2.75, 3.05) is 13.2 Å². The number of hydrogen-bond donors (Lipinski definition) is 1. The molecule has 1 fully saturated rings. The Kier molecular flexibility index (Phi) is 6.06. The van der Waals surface area contributed by atoms with E-state index in [9.17, 15) is 9.59 Å². The van der Waals surface area contributed by atoms with Crippen LogP contribution in [0.25, 0.3) is 0 Å². The first-order valence-corrected chi connectivity index (χ1v) is 10.9. The second-order valence-corrected chi connectivity index (χ2v) is 8.16. The summed E-state index contributed by atoms with van der Waals surface area (Å²) in [6, 6.07) is 8.10. The van der Waals surface area contributed by atoms with Crippen LogP contribution in [0.3, 0.4) is 0 Å². The third-order valence-electron chi connectivity index (χ3n) is 5.80. The monoisotopic (exact) mass is 410 g/mol. The number of hydrogen-bond acceptors (Lipinski definition) is 4. The molecule has 4 rings (SSSR count). The predicted molar refractivity (Wildman–Crippen MR) is 113 cm³/mol. The molecule has 0 atom stereocenters. The Hall–Kier alpha value is -2.83. The Morgan fingerprint density at radius 1 is 1.23 bits per heavy atom. The molecule has 2 amide bonds. The van der Waals surface area contributed by atoms with Crippen molar-refractivity contribution in [3.8, 4) is 5.75 Å². The molecule has 1 aromatic carbocycles. The van der Waals surface area contributed by atoms with E-state index in [1.54, 1.807) is 0 Å². The summed E-state index contributed by atoms with van der Waals surface area (Å²) in [7, 11) is 1.95. The Bertz CT molecular complexity index is 915. The van der Waals surface area contributed by atoms with E-state index in [0.717, 1.165) is 41.8 Å². The fourth-order valence-corrected chi connectivity index (χ4v) is 4.00. The van der Waals surface area contributed by atoms with Gasteiger partial charge >= 0.3 is 0 Å². The van der Waals surface area contributed by atoms with Crippen LogP contribution in [0.1, 0.15) is 48.7 Å². The molecule has 0 unspecified atom stereocenters. The maximum Gasteiger partial charge on any atom is 0.227 e. The predicted octanol–water partition coefficient (Wildman–Crippen LogP) is 2.16. The van der Waals surface area contributed by atoms with Gasteiger partial charge in [0, 0.05) is 56.7 Å². The molecule has 0 bridgehead atoms. The van der Waals surface area contributed by atoms with Gasteiger partial charge in [0.15, 0.2) is 0 Å². The molecule has 1 aliphatic heterocycles. The summed E-state index contributed by atoms with van der Waals surface area (Å²) in [4.78, 5) is 26.9. The quantitative estimate of drug-likeness (QED) is 0.724. The van der Waals surface area contributed by atoms with Crippen LogP contribution in [-0.4, -0.2) is 45.7 Å². The third-order valence-corrected chi connectivity index (χ3v) is 5.80. The molecule has 2 heterocycles. The Morgan fingerprint density at radius 3 is 2.70 bits per heavy atom. The highest BCUT2D eigenvalue weighted by molar-refractivity contribution is 5.79. The van der Waals surface area contributed by atoms with Crippen molar-refractivity contribution in [2.24, 2.45) is 7.05 Å². The van der Waals surface area contributed by atoms with Crippen LogP contribution in [0.2, 0.25) is 0 Å². The minimum Gasteiger partial charge on any atom is -0.494 e. The van der Waals surface area contributed by atoms with Crippen molar-refractivity contribution in [3.63, 3.8) is 0 Å². The fourth-order valence-electron chi connectivity index (χ4n) is 4.00. The van der Waals surface area contributed by atoms with E-state index in [4.69, 9.17) is 4.74 Å². The van der Waals surface area contributed by atoms with Gasteiger partial charge < -0.3 is 15.0 Å². The summed E-state index contributed by atoms with van der Waals surface area (Å²) in [5.41, 5.74) is 4.22. The summed E-state index contributed by atoms with van der Waals surface area (Å²) in [5.74, 6) is 1.03. The molecule has 0 spiro atoms. The third kappa shape index (κ3) is 4.83. The molecular weight excluding hydrogens is 380 g/mol. The summed E-state index contributed by atoms with van der Waals surface area (Å²) in [5, 5.41) is 7.68. The van der Waals surface area contributed by atoms with Gasteiger partial charge in [-0.2, -0.15) is 5.10 Å². The second kappa shape index (κ2) is 8.90. The van der Waals surface area contributed by atoms with E-state index in [1.165, 1.54) is 5.69 Å². The van der Waals surface area contributed by atoms with Crippen molar-refractivity contribution in [3.05, 3.63) is 46.8 Å². The van der Waals surface area contributed by atoms with Crippen LogP contribution in [0.4, 0.5) is 0 Å². The number of nitrogens with zero attached hydrogens (tertiary/aromatic N) is 3. The van der Waals surface area contributed by atoms with Gasteiger partial charge in [-0.15, -0.1) is 0 Å². The number of benzene rings is 1. The van der Waals surface area contributed by atoms with Crippen LogP contribution in [0, 0.1) is 0 Å². The lowest BCUT2D eigenvalue weighted by atomic mass is 10.0. The van der Waals surface area contributed by atoms with Crippen LogP contribution in [0.5, 0.6) is 5.75 Å². The summed E-state index contributed by atoms with van der Waals surface area (Å²) in [6.45, 7) is 3.85. The molecule has 7 heteroatoms. The zero-order valence-electron chi connectivity index (χ0n) is 17.8. The number of carbonyl (C=O) groups is 2. The van der Waals surface area contributed by atoms with Crippen LogP contribution in [-0.2, 0) is 42.4 Å². The average molecular weight is 411 g/mol. The van der Waals surface area contributed by atoms with Gasteiger partial charge in [-0.25, -0.2) is 0 Å². The largest absolute Gasteiger partial charge is 0.494 e. The molecule has 1 aliphatic carbocycles. The van der Waals surface area contributed by atoms with Gasteiger partial charge in [-0.3, -0.25) is 14.3 Å². The van der Waals surface area contributed by atoms with Gasteiger partial charge in [0.2, 0.25) is 11.8 Å². The van der Waals surface area contributed by atoms with E-state index in [0.29, 0.717) is 45.0 Å². The smallest absolute Gasteiger partial charge is 0.227 e. The van der Waals surface area contributed by atoms with Crippen LogP contribution in [0.15, 0.2) is 24.3 Å². The normalized spacial score (nSPS) is 15.6. The van der Waals surface area contributed by atoms with Crippen molar-refractivity contribution in [2.45, 2.75) is 58.0 Å². The topological polar surface area (TPSA) is 76.5 Å². The maximum absolute atomic E-state index is 12.9. The number of fused-ring (bicyclic) bond motifs is 1. The van der Waals surface area contributed by atoms with Crippen molar-refractivity contribution in [1.82, 2.24) is 20.0 Å². The van der Waals surface area contributed by atoms with Crippen LogP contribution >= 0.6 is 0 Å². The van der Waals surface area contributed by atoms with E-state index in [2.05, 4.69) is 10.4 Å². The molecule has 0 saturated heterocycles. The lowest BCUT2D eigenvalue weighted by Gasteiger charge is -2.28. The van der Waals surface area contributed by atoms with E-state index in [-0.39, 0.29) is 11.8 Å². The van der Waals surface area contributed by atoms with E-state index in [1.807, 2.05) is 47.8 Å². The lowest BCUT2D eigenvalue weighted by molar-refractivity contribution is -0.131. The summed E-state index contributed by atoms with van der Waals surface area (Å²) >= 11 is 0. The van der Waals surface area contributed by atoms with Crippen molar-refractivity contribution >= 4 is 11.8 Å². The summed E-state index contributed by atoms with van der Waals surface area (Å²) < 4.78 is 7.38. The number of nitrogens with one attached hydrogen (secondary N) is 1. The highest BCUT2D eigenvalue weighted by Crippen LogP contribution is 2.24. The minimum atomic E-state index is 0.0937. The number of carbonyl (C=O) groups excluding carboxylic acids is 2. The van der Waals surface area contributed by atoms with Crippen LogP contribution < -0.4 is 10.1 Å². The Labute approximate surface area is 177 Å². The molecule has 160 valence electrons. The standard InChI is InChI=1S/C23H30N4O3/c1-3-30-18-8-4-16(5-9-18)14-23(29)27-13-12-21-19(15-27)20(25-26(21)2)10-11-22(28)24-17-6-7-17/h4-5,8-9,17H,3,6-7,10-15H2,1-2H3,(H,24,28). The van der Waals surface area contributed by atoms with Crippen molar-refractivity contribution in [1.29, 1.82) is 0 Å². The lowest BCUT2D eigenvalue weighted by Crippen LogP contribution is -2.37. The highest BCUT2D eigenvalue weighted by Gasteiger charge is 2.27. The van der Waals surface area contributed by atoms with Gasteiger partial charge in [0.25, 0.3) is 0 Å². The SMILES string of the molecule is CCOc1ccc(CC(=O)N2CCc3c(c(CCC(=O)NC4CC4)nn3C)C2)cc1. The zero-order chi connectivity index (χ0) is 21.1. The number of aryl methyl sites for hydroxylation is 2. The molecule has 1 saturated carbocycles. The number of rotatable bonds is 8. The number of amides is 2. The van der Waals surface area contributed by atoms with E-state index >= 15 is 0 Å². The molecule has 0 radical (unpaired) electrons. The minimum absolute atomic E-state index is 0.0937. The molecule has 1 N–H and O–H groups in total. The highest BCUT2D eigenvalue weighted by atomic mass is 16.5. The van der Waals surface area contributed by atoms with Gasteiger partial charge in [-0.1, -0.05) is 12.1 Å². The zero-order valence-corrected chi connectivity index (χ0v) is 17.8. The Balaban J connectivity index is 1.37. The van der Waals surface area contributed by atoms with Gasteiger partial charge in [-0.05, 0) is 37.5 Å². The fraction of sp³-hybridized carbons (Fsp3) is 0.522. The summed E-state index contributed by atoms with van der Waals surface area (Å²) in [6.07, 6.45) is 4.41. The first kappa shape index (κ1) is 20.4. The first-order chi connectivity index (χ1) is 14.5.